The van der Waals surface area contributed by atoms with Crippen LogP contribution in [-0.4, -0.2) is 10.9 Å². The SMILES string of the molecule is Cc1c(Cl)cccc1NC(=O)/C(C#N)=C/c1ccncc1. The highest BCUT2D eigenvalue weighted by atomic mass is 35.5. The van der Waals surface area contributed by atoms with Crippen molar-refractivity contribution in [2.45, 2.75) is 6.92 Å². The highest BCUT2D eigenvalue weighted by Gasteiger charge is 2.11. The van der Waals surface area contributed by atoms with Crippen LogP contribution < -0.4 is 5.32 Å². The Morgan fingerprint density at radius 1 is 1.33 bits per heavy atom. The van der Waals surface area contributed by atoms with Gasteiger partial charge in [0.1, 0.15) is 11.6 Å². The monoisotopic (exact) mass is 297 g/mol. The van der Waals surface area contributed by atoms with Gasteiger partial charge < -0.3 is 5.32 Å². The number of halogens is 1. The number of amides is 1. The van der Waals surface area contributed by atoms with E-state index in [0.29, 0.717) is 10.7 Å². The maximum absolute atomic E-state index is 12.2. The average Bonchev–Trinajstić information content (AvgIpc) is 2.50. The van der Waals surface area contributed by atoms with Crippen LogP contribution in [0.2, 0.25) is 5.02 Å². The first-order valence-corrected chi connectivity index (χ1v) is 6.58. The van der Waals surface area contributed by atoms with Gasteiger partial charge in [0.15, 0.2) is 0 Å². The molecule has 2 aromatic rings. The standard InChI is InChI=1S/C16H12ClN3O/c1-11-14(17)3-2-4-15(11)20-16(21)13(10-18)9-12-5-7-19-8-6-12/h2-9H,1H3,(H,20,21)/b13-9+. The molecule has 1 heterocycles. The minimum Gasteiger partial charge on any atom is -0.321 e. The van der Waals surface area contributed by atoms with Gasteiger partial charge >= 0.3 is 0 Å². The van der Waals surface area contributed by atoms with Crippen molar-refractivity contribution >= 4 is 29.3 Å². The smallest absolute Gasteiger partial charge is 0.266 e. The van der Waals surface area contributed by atoms with Gasteiger partial charge in [-0.1, -0.05) is 17.7 Å². The Balaban J connectivity index is 2.24. The van der Waals surface area contributed by atoms with E-state index in [1.165, 1.54) is 6.08 Å². The molecule has 104 valence electrons. The molecule has 2 rings (SSSR count). The Labute approximate surface area is 127 Å². The summed E-state index contributed by atoms with van der Waals surface area (Å²) in [6.45, 7) is 1.80. The predicted octanol–water partition coefficient (Wildman–Crippen LogP) is 3.59. The number of carbonyl (C=O) groups excluding carboxylic acids is 1. The first kappa shape index (κ1) is 14.8. The second-order valence-corrected chi connectivity index (χ2v) is 4.72. The molecule has 1 amide bonds. The molecule has 0 spiro atoms. The van der Waals surface area contributed by atoms with E-state index < -0.39 is 5.91 Å². The number of pyridine rings is 1. The third-order valence-corrected chi connectivity index (χ3v) is 3.31. The van der Waals surface area contributed by atoms with Crippen molar-refractivity contribution in [3.8, 4) is 6.07 Å². The summed E-state index contributed by atoms with van der Waals surface area (Å²) in [7, 11) is 0. The second kappa shape index (κ2) is 6.69. The Morgan fingerprint density at radius 2 is 2.05 bits per heavy atom. The molecule has 0 fully saturated rings. The quantitative estimate of drug-likeness (QED) is 0.695. The van der Waals surface area contributed by atoms with E-state index in [1.807, 2.05) is 6.07 Å². The number of anilines is 1. The van der Waals surface area contributed by atoms with Crippen LogP contribution in [0.4, 0.5) is 5.69 Å². The topological polar surface area (TPSA) is 65.8 Å². The maximum atomic E-state index is 12.2. The molecular weight excluding hydrogens is 286 g/mol. The highest BCUT2D eigenvalue weighted by Crippen LogP contribution is 2.23. The van der Waals surface area contributed by atoms with Gasteiger partial charge in [0, 0.05) is 23.1 Å². The van der Waals surface area contributed by atoms with E-state index >= 15 is 0 Å². The fourth-order valence-electron chi connectivity index (χ4n) is 1.71. The first-order valence-electron chi connectivity index (χ1n) is 6.20. The van der Waals surface area contributed by atoms with Gasteiger partial charge in [0.2, 0.25) is 0 Å². The molecule has 5 heteroatoms. The van der Waals surface area contributed by atoms with Crippen LogP contribution >= 0.6 is 11.6 Å². The number of hydrogen-bond acceptors (Lipinski definition) is 3. The lowest BCUT2D eigenvalue weighted by Crippen LogP contribution is -2.14. The fourth-order valence-corrected chi connectivity index (χ4v) is 1.88. The zero-order valence-electron chi connectivity index (χ0n) is 11.3. The molecule has 0 bridgehead atoms. The van der Waals surface area contributed by atoms with Crippen molar-refractivity contribution < 1.29 is 4.79 Å². The van der Waals surface area contributed by atoms with Crippen LogP contribution in [0.1, 0.15) is 11.1 Å². The van der Waals surface area contributed by atoms with Crippen molar-refractivity contribution in [3.63, 3.8) is 0 Å². The van der Waals surface area contributed by atoms with Crippen LogP contribution in [0.25, 0.3) is 6.08 Å². The Hall–Kier alpha value is -2.64. The third-order valence-electron chi connectivity index (χ3n) is 2.90. The average molecular weight is 298 g/mol. The first-order chi connectivity index (χ1) is 10.1. The largest absolute Gasteiger partial charge is 0.321 e. The normalized spacial score (nSPS) is 10.8. The Bertz CT molecular complexity index is 733. The molecule has 4 nitrogen and oxygen atoms in total. The van der Waals surface area contributed by atoms with Crippen LogP contribution in [0.15, 0.2) is 48.3 Å². The van der Waals surface area contributed by atoms with Gasteiger partial charge in [0.05, 0.1) is 0 Å². The van der Waals surface area contributed by atoms with Crippen LogP contribution in [0.5, 0.6) is 0 Å². The van der Waals surface area contributed by atoms with Crippen LogP contribution in [0, 0.1) is 18.3 Å². The van der Waals surface area contributed by atoms with E-state index in [-0.39, 0.29) is 5.57 Å². The number of aromatic nitrogens is 1. The van der Waals surface area contributed by atoms with Gasteiger partial charge in [0.25, 0.3) is 5.91 Å². The summed E-state index contributed by atoms with van der Waals surface area (Å²) >= 11 is 6.00. The lowest BCUT2D eigenvalue weighted by molar-refractivity contribution is -0.112. The highest BCUT2D eigenvalue weighted by molar-refractivity contribution is 6.31. The molecule has 0 aliphatic heterocycles. The number of benzene rings is 1. The van der Waals surface area contributed by atoms with Gasteiger partial charge in [-0.15, -0.1) is 0 Å². The third kappa shape index (κ3) is 3.68. The van der Waals surface area contributed by atoms with E-state index in [1.54, 1.807) is 49.6 Å². The molecule has 0 saturated carbocycles. The summed E-state index contributed by atoms with van der Waals surface area (Å²) in [5.41, 5.74) is 2.09. The molecule has 0 unspecified atom stereocenters. The summed E-state index contributed by atoms with van der Waals surface area (Å²) in [4.78, 5) is 16.0. The molecule has 1 aromatic carbocycles. The van der Waals surface area contributed by atoms with Crippen molar-refractivity contribution in [1.82, 2.24) is 4.98 Å². The Kier molecular flexibility index (Phi) is 4.70. The molecule has 0 saturated heterocycles. The zero-order valence-corrected chi connectivity index (χ0v) is 12.1. The molecule has 0 aliphatic rings. The van der Waals surface area contributed by atoms with E-state index in [0.717, 1.165) is 11.1 Å². The molecular formula is C16H12ClN3O. The Morgan fingerprint density at radius 3 is 2.71 bits per heavy atom. The van der Waals surface area contributed by atoms with E-state index in [4.69, 9.17) is 16.9 Å². The fraction of sp³-hybridized carbons (Fsp3) is 0.0625. The molecule has 0 aliphatic carbocycles. The van der Waals surface area contributed by atoms with Gasteiger partial charge in [-0.2, -0.15) is 5.26 Å². The lowest BCUT2D eigenvalue weighted by Gasteiger charge is -2.08. The van der Waals surface area contributed by atoms with Gasteiger partial charge in [-0.3, -0.25) is 9.78 Å². The minimum atomic E-state index is -0.473. The van der Waals surface area contributed by atoms with Crippen LogP contribution in [0.3, 0.4) is 0 Å². The van der Waals surface area contributed by atoms with Crippen molar-refractivity contribution in [2.24, 2.45) is 0 Å². The summed E-state index contributed by atoms with van der Waals surface area (Å²) in [5.74, 6) is -0.473. The summed E-state index contributed by atoms with van der Waals surface area (Å²) in [6.07, 6.45) is 4.70. The molecule has 0 atom stereocenters. The van der Waals surface area contributed by atoms with Crippen LogP contribution in [-0.2, 0) is 4.79 Å². The molecule has 1 N–H and O–H groups in total. The second-order valence-electron chi connectivity index (χ2n) is 4.32. The number of nitriles is 1. The molecule has 1 aromatic heterocycles. The number of nitrogens with one attached hydrogen (secondary N) is 1. The summed E-state index contributed by atoms with van der Waals surface area (Å²) in [6, 6.07) is 10.6. The van der Waals surface area contributed by atoms with Crippen molar-refractivity contribution in [2.75, 3.05) is 5.32 Å². The molecule has 21 heavy (non-hydrogen) atoms. The lowest BCUT2D eigenvalue weighted by atomic mass is 10.1. The zero-order chi connectivity index (χ0) is 15.2. The number of hydrogen-bond donors (Lipinski definition) is 1. The van der Waals surface area contributed by atoms with E-state index in [2.05, 4.69) is 10.3 Å². The number of rotatable bonds is 3. The van der Waals surface area contributed by atoms with Crippen molar-refractivity contribution in [1.29, 1.82) is 5.26 Å². The number of carbonyl (C=O) groups is 1. The molecule has 0 radical (unpaired) electrons. The summed E-state index contributed by atoms with van der Waals surface area (Å²) in [5, 5.41) is 12.4. The van der Waals surface area contributed by atoms with Gasteiger partial charge in [-0.05, 0) is 48.4 Å². The van der Waals surface area contributed by atoms with E-state index in [9.17, 15) is 4.79 Å². The maximum Gasteiger partial charge on any atom is 0.266 e. The van der Waals surface area contributed by atoms with Gasteiger partial charge in [-0.25, -0.2) is 0 Å². The predicted molar refractivity (Wildman–Crippen MR) is 82.6 cm³/mol. The number of nitrogens with zero attached hydrogens (tertiary/aromatic N) is 2. The minimum absolute atomic E-state index is 0.0144. The van der Waals surface area contributed by atoms with Crippen molar-refractivity contribution in [3.05, 3.63) is 64.4 Å². The summed E-state index contributed by atoms with van der Waals surface area (Å²) < 4.78 is 0.